The van der Waals surface area contributed by atoms with Gasteiger partial charge in [0.15, 0.2) is 0 Å². The lowest BCUT2D eigenvalue weighted by Crippen LogP contribution is -2.55. The van der Waals surface area contributed by atoms with E-state index in [9.17, 15) is 4.79 Å². The molecule has 3 rings (SSSR count). The van der Waals surface area contributed by atoms with Crippen LogP contribution in [0.2, 0.25) is 0 Å². The highest BCUT2D eigenvalue weighted by molar-refractivity contribution is 6.01. The third-order valence-corrected chi connectivity index (χ3v) is 3.84. The molecule has 0 aliphatic carbocycles. The van der Waals surface area contributed by atoms with E-state index >= 15 is 0 Å². The molecule has 2 heterocycles. The molecule has 2 aromatic rings. The molecule has 120 valence electrons. The topological polar surface area (TPSA) is 60.5 Å². The molecule has 0 radical (unpaired) electrons. The largest absolute Gasteiger partial charge is 0.336 e. The van der Waals surface area contributed by atoms with Crippen molar-refractivity contribution in [2.24, 2.45) is 0 Å². The Hall–Kier alpha value is -2.44. The number of amides is 2. The van der Waals surface area contributed by atoms with Gasteiger partial charge in [-0.15, -0.1) is 6.58 Å². The van der Waals surface area contributed by atoms with Crippen molar-refractivity contribution in [2.75, 3.05) is 37.6 Å². The van der Waals surface area contributed by atoms with E-state index in [1.165, 1.54) is 0 Å². The Morgan fingerprint density at radius 1 is 1.35 bits per heavy atom. The number of anilines is 1. The molecule has 1 aromatic heterocycles. The van der Waals surface area contributed by atoms with E-state index in [1.807, 2.05) is 35.3 Å². The Kier molecular flexibility index (Phi) is 4.85. The van der Waals surface area contributed by atoms with Gasteiger partial charge in [0.05, 0.1) is 11.2 Å². The predicted molar refractivity (Wildman–Crippen MR) is 92.3 cm³/mol. The molecule has 23 heavy (non-hydrogen) atoms. The maximum absolute atomic E-state index is 12.7. The standard InChI is InChI=1S/C17H21N5O/c1-2-11-22(17(23)20-21-12-9-18-10-13-21)16-7-8-19-15-6-4-3-5-14(15)16/h2-8,18H,1,9-13H2,(H,20,23). The van der Waals surface area contributed by atoms with E-state index in [1.54, 1.807) is 17.2 Å². The van der Waals surface area contributed by atoms with Crippen molar-refractivity contribution in [1.29, 1.82) is 0 Å². The van der Waals surface area contributed by atoms with Crippen LogP contribution in [0.3, 0.4) is 0 Å². The number of nitrogens with one attached hydrogen (secondary N) is 2. The lowest BCUT2D eigenvalue weighted by atomic mass is 10.1. The maximum atomic E-state index is 12.7. The number of nitrogens with zero attached hydrogens (tertiary/aromatic N) is 3. The number of rotatable bonds is 4. The van der Waals surface area contributed by atoms with Crippen LogP contribution in [0, 0.1) is 0 Å². The number of hydrazine groups is 1. The van der Waals surface area contributed by atoms with E-state index in [-0.39, 0.29) is 6.03 Å². The Balaban J connectivity index is 1.87. The fourth-order valence-electron chi connectivity index (χ4n) is 2.71. The van der Waals surface area contributed by atoms with Crippen LogP contribution in [0.15, 0.2) is 49.2 Å². The smallest absolute Gasteiger partial charge is 0.314 e. The molecule has 1 saturated heterocycles. The zero-order chi connectivity index (χ0) is 16.1. The van der Waals surface area contributed by atoms with Gasteiger partial charge in [-0.1, -0.05) is 24.3 Å². The molecule has 6 nitrogen and oxygen atoms in total. The van der Waals surface area contributed by atoms with Crippen LogP contribution in [0.1, 0.15) is 0 Å². The first-order chi connectivity index (χ1) is 11.3. The maximum Gasteiger partial charge on any atom is 0.336 e. The Morgan fingerprint density at radius 3 is 2.91 bits per heavy atom. The number of aromatic nitrogens is 1. The second-order valence-corrected chi connectivity index (χ2v) is 5.40. The summed E-state index contributed by atoms with van der Waals surface area (Å²) in [5.41, 5.74) is 4.68. The SMILES string of the molecule is C=CCN(C(=O)NN1CCNCC1)c1ccnc2ccccc12. The number of carbonyl (C=O) groups excluding carboxylic acids is 1. The molecule has 0 spiro atoms. The molecule has 0 bridgehead atoms. The summed E-state index contributed by atoms with van der Waals surface area (Å²) in [6, 6.07) is 9.53. The summed E-state index contributed by atoms with van der Waals surface area (Å²) in [7, 11) is 0. The number of piperazine rings is 1. The van der Waals surface area contributed by atoms with Crippen molar-refractivity contribution >= 4 is 22.6 Å². The Labute approximate surface area is 135 Å². The number of hydrogen-bond donors (Lipinski definition) is 2. The van der Waals surface area contributed by atoms with Gasteiger partial charge in [0, 0.05) is 44.3 Å². The van der Waals surface area contributed by atoms with E-state index in [0.29, 0.717) is 6.54 Å². The van der Waals surface area contributed by atoms with Gasteiger partial charge in [-0.25, -0.2) is 9.80 Å². The third-order valence-electron chi connectivity index (χ3n) is 3.84. The Morgan fingerprint density at radius 2 is 2.13 bits per heavy atom. The van der Waals surface area contributed by atoms with Crippen molar-refractivity contribution < 1.29 is 4.79 Å². The number of fused-ring (bicyclic) bond motifs is 1. The first-order valence-corrected chi connectivity index (χ1v) is 7.78. The van der Waals surface area contributed by atoms with Gasteiger partial charge < -0.3 is 5.32 Å². The first-order valence-electron chi connectivity index (χ1n) is 7.78. The van der Waals surface area contributed by atoms with Crippen LogP contribution >= 0.6 is 0 Å². The van der Waals surface area contributed by atoms with E-state index in [0.717, 1.165) is 42.8 Å². The van der Waals surface area contributed by atoms with Crippen molar-refractivity contribution in [2.45, 2.75) is 0 Å². The van der Waals surface area contributed by atoms with Crippen LogP contribution in [0.4, 0.5) is 10.5 Å². The average Bonchev–Trinajstić information content (AvgIpc) is 2.60. The minimum Gasteiger partial charge on any atom is -0.314 e. The number of hydrogen-bond acceptors (Lipinski definition) is 4. The number of carbonyl (C=O) groups is 1. The van der Waals surface area contributed by atoms with Crippen molar-refractivity contribution in [3.8, 4) is 0 Å². The number of para-hydroxylation sites is 1. The molecule has 2 amide bonds. The van der Waals surface area contributed by atoms with Crippen molar-refractivity contribution in [3.63, 3.8) is 0 Å². The number of urea groups is 1. The average molecular weight is 311 g/mol. The van der Waals surface area contributed by atoms with Crippen LogP contribution in [-0.2, 0) is 0 Å². The minimum atomic E-state index is -0.150. The highest BCUT2D eigenvalue weighted by Crippen LogP contribution is 2.25. The second kappa shape index (κ2) is 7.21. The summed E-state index contributed by atoms with van der Waals surface area (Å²) >= 11 is 0. The molecule has 0 saturated carbocycles. The van der Waals surface area contributed by atoms with Gasteiger partial charge >= 0.3 is 6.03 Å². The lowest BCUT2D eigenvalue weighted by molar-refractivity contribution is 0.166. The van der Waals surface area contributed by atoms with Gasteiger partial charge in [-0.2, -0.15) is 0 Å². The van der Waals surface area contributed by atoms with Crippen LogP contribution in [-0.4, -0.2) is 48.7 Å². The van der Waals surface area contributed by atoms with Gasteiger partial charge in [0.25, 0.3) is 0 Å². The predicted octanol–water partition coefficient (Wildman–Crippen LogP) is 1.76. The monoisotopic (exact) mass is 311 g/mol. The highest BCUT2D eigenvalue weighted by atomic mass is 16.2. The molecule has 1 aliphatic rings. The van der Waals surface area contributed by atoms with Gasteiger partial charge in [0.2, 0.25) is 0 Å². The first kappa shape index (κ1) is 15.5. The molecule has 1 aliphatic heterocycles. The highest BCUT2D eigenvalue weighted by Gasteiger charge is 2.20. The van der Waals surface area contributed by atoms with Gasteiger partial charge in [-0.05, 0) is 12.1 Å². The summed E-state index contributed by atoms with van der Waals surface area (Å²) in [6.45, 7) is 7.55. The number of pyridine rings is 1. The Bertz CT molecular complexity index is 691. The fraction of sp³-hybridized carbons (Fsp3) is 0.294. The molecular formula is C17H21N5O. The molecule has 0 atom stereocenters. The summed E-state index contributed by atoms with van der Waals surface area (Å²) < 4.78 is 0. The molecule has 6 heteroatoms. The molecule has 1 fully saturated rings. The van der Waals surface area contributed by atoms with Crippen LogP contribution in [0.25, 0.3) is 10.9 Å². The molecule has 2 N–H and O–H groups in total. The fourth-order valence-corrected chi connectivity index (χ4v) is 2.71. The normalized spacial score (nSPS) is 15.3. The van der Waals surface area contributed by atoms with Crippen molar-refractivity contribution in [3.05, 3.63) is 49.2 Å². The zero-order valence-electron chi connectivity index (χ0n) is 13.0. The summed E-state index contributed by atoms with van der Waals surface area (Å²) in [5.74, 6) is 0. The summed E-state index contributed by atoms with van der Waals surface area (Å²) in [4.78, 5) is 18.8. The third kappa shape index (κ3) is 3.49. The summed E-state index contributed by atoms with van der Waals surface area (Å²) in [5, 5.41) is 6.16. The molecule has 0 unspecified atom stereocenters. The summed E-state index contributed by atoms with van der Waals surface area (Å²) in [6.07, 6.45) is 3.46. The second-order valence-electron chi connectivity index (χ2n) is 5.40. The van der Waals surface area contributed by atoms with Gasteiger partial charge in [-0.3, -0.25) is 15.3 Å². The van der Waals surface area contributed by atoms with E-state index in [4.69, 9.17) is 0 Å². The number of benzene rings is 1. The van der Waals surface area contributed by atoms with E-state index in [2.05, 4.69) is 22.3 Å². The van der Waals surface area contributed by atoms with Gasteiger partial charge in [0.1, 0.15) is 0 Å². The van der Waals surface area contributed by atoms with E-state index < -0.39 is 0 Å². The minimum absolute atomic E-state index is 0.150. The van der Waals surface area contributed by atoms with Crippen molar-refractivity contribution in [1.82, 2.24) is 20.7 Å². The van der Waals surface area contributed by atoms with Crippen LogP contribution < -0.4 is 15.6 Å². The quantitative estimate of drug-likeness (QED) is 0.845. The zero-order valence-corrected chi connectivity index (χ0v) is 13.0. The molecular weight excluding hydrogens is 290 g/mol. The van der Waals surface area contributed by atoms with Crippen LogP contribution in [0.5, 0.6) is 0 Å². The molecule has 1 aromatic carbocycles. The lowest BCUT2D eigenvalue weighted by Gasteiger charge is -2.31.